The number of nitrogens with zero attached hydrogens (tertiary/aromatic N) is 1. The Balaban J connectivity index is 2.17. The molecule has 1 aromatic heterocycles. The van der Waals surface area contributed by atoms with Crippen LogP contribution in [0.15, 0.2) is 41.0 Å². The number of benzene rings is 1. The third kappa shape index (κ3) is 3.81. The number of aryl methyl sites for hydroxylation is 1. The van der Waals surface area contributed by atoms with Crippen molar-refractivity contribution in [2.45, 2.75) is 13.1 Å². The molecule has 2 aromatic rings. The molecule has 0 atom stereocenters. The number of amides is 1. The lowest BCUT2D eigenvalue weighted by Crippen LogP contribution is -2.14. The van der Waals surface area contributed by atoms with Gasteiger partial charge < -0.3 is 5.32 Å². The van der Waals surface area contributed by atoms with E-state index in [0.717, 1.165) is 23.9 Å². The van der Waals surface area contributed by atoms with Crippen molar-refractivity contribution in [2.75, 3.05) is 5.32 Å². The highest BCUT2D eigenvalue weighted by Gasteiger charge is 2.32. The molecule has 21 heavy (non-hydrogen) atoms. The van der Waals surface area contributed by atoms with Crippen molar-refractivity contribution in [3.8, 4) is 0 Å². The Bertz CT molecular complexity index is 669. The highest BCUT2D eigenvalue weighted by Crippen LogP contribution is 2.27. The second-order valence-electron chi connectivity index (χ2n) is 4.37. The van der Waals surface area contributed by atoms with Crippen LogP contribution in [0.1, 0.15) is 21.6 Å². The van der Waals surface area contributed by atoms with Crippen molar-refractivity contribution < 1.29 is 18.0 Å². The summed E-state index contributed by atoms with van der Waals surface area (Å²) in [5, 5.41) is 2.60. The summed E-state index contributed by atoms with van der Waals surface area (Å²) in [5.74, 6) is -0.527. The van der Waals surface area contributed by atoms with Crippen molar-refractivity contribution in [3.05, 3.63) is 57.8 Å². The van der Waals surface area contributed by atoms with Crippen LogP contribution in [0, 0.1) is 6.92 Å². The number of aromatic nitrogens is 1. The first kappa shape index (κ1) is 15.5. The number of pyridine rings is 1. The first-order valence-corrected chi connectivity index (χ1v) is 6.67. The van der Waals surface area contributed by atoms with Crippen LogP contribution < -0.4 is 5.32 Å². The number of alkyl halides is 3. The summed E-state index contributed by atoms with van der Waals surface area (Å²) in [4.78, 5) is 15.2. The molecule has 0 unspecified atom stereocenters. The molecule has 0 spiro atoms. The van der Waals surface area contributed by atoms with Crippen LogP contribution >= 0.6 is 15.9 Å². The van der Waals surface area contributed by atoms with Gasteiger partial charge in [0, 0.05) is 10.7 Å². The first-order valence-electron chi connectivity index (χ1n) is 5.88. The molecule has 110 valence electrons. The summed E-state index contributed by atoms with van der Waals surface area (Å²) in [5.41, 5.74) is 0.563. The van der Waals surface area contributed by atoms with Crippen LogP contribution in [0.3, 0.4) is 0 Å². The van der Waals surface area contributed by atoms with Gasteiger partial charge in [0.05, 0.1) is 11.3 Å². The van der Waals surface area contributed by atoms with Gasteiger partial charge in [-0.25, -0.2) is 0 Å². The Morgan fingerprint density at radius 1 is 1.24 bits per heavy atom. The topological polar surface area (TPSA) is 42.0 Å². The molecule has 7 heteroatoms. The van der Waals surface area contributed by atoms with Crippen LogP contribution in [-0.2, 0) is 6.18 Å². The lowest BCUT2D eigenvalue weighted by Gasteiger charge is -2.09. The van der Waals surface area contributed by atoms with Gasteiger partial charge in [-0.1, -0.05) is 6.07 Å². The molecule has 0 aliphatic rings. The second kappa shape index (κ2) is 5.85. The van der Waals surface area contributed by atoms with Crippen molar-refractivity contribution in [3.63, 3.8) is 0 Å². The average molecular weight is 359 g/mol. The van der Waals surface area contributed by atoms with Gasteiger partial charge in [0.15, 0.2) is 0 Å². The number of hydrogen-bond acceptors (Lipinski definition) is 2. The third-order valence-electron chi connectivity index (χ3n) is 2.69. The van der Waals surface area contributed by atoms with E-state index >= 15 is 0 Å². The standard InChI is InChI=1S/C14H10BrF3N2O/c1-8-2-4-11(10(15)6-8)20-13(21)9-3-5-12(19-7-9)14(16,17)18/h2-7H,1H3,(H,20,21). The molecule has 0 saturated carbocycles. The zero-order valence-electron chi connectivity index (χ0n) is 10.8. The molecule has 0 aliphatic carbocycles. The van der Waals surface area contributed by atoms with Gasteiger partial charge in [-0.05, 0) is 52.7 Å². The van der Waals surface area contributed by atoms with E-state index in [-0.39, 0.29) is 5.56 Å². The minimum Gasteiger partial charge on any atom is -0.321 e. The zero-order valence-corrected chi connectivity index (χ0v) is 12.4. The lowest BCUT2D eigenvalue weighted by atomic mass is 10.2. The fourth-order valence-electron chi connectivity index (χ4n) is 1.61. The van der Waals surface area contributed by atoms with Gasteiger partial charge in [0.25, 0.3) is 5.91 Å². The van der Waals surface area contributed by atoms with E-state index in [2.05, 4.69) is 26.2 Å². The number of carbonyl (C=O) groups is 1. The molecule has 2 rings (SSSR count). The van der Waals surface area contributed by atoms with Crippen LogP contribution in [0.5, 0.6) is 0 Å². The van der Waals surface area contributed by atoms with Gasteiger partial charge in [-0.3, -0.25) is 9.78 Å². The molecule has 0 bridgehead atoms. The minimum absolute atomic E-state index is 0.0514. The molecule has 0 saturated heterocycles. The van der Waals surface area contributed by atoms with Crippen molar-refractivity contribution in [1.29, 1.82) is 0 Å². The molecule has 0 radical (unpaired) electrons. The lowest BCUT2D eigenvalue weighted by molar-refractivity contribution is -0.141. The molecule has 1 amide bonds. The van der Waals surface area contributed by atoms with Crippen LogP contribution in [0.2, 0.25) is 0 Å². The fraction of sp³-hybridized carbons (Fsp3) is 0.143. The van der Waals surface area contributed by atoms with E-state index in [1.807, 2.05) is 19.1 Å². The highest BCUT2D eigenvalue weighted by atomic mass is 79.9. The van der Waals surface area contributed by atoms with Gasteiger partial charge >= 0.3 is 6.18 Å². The Kier molecular flexibility index (Phi) is 4.32. The number of carbonyl (C=O) groups excluding carboxylic acids is 1. The first-order chi connectivity index (χ1) is 9.77. The predicted octanol–water partition coefficient (Wildman–Crippen LogP) is 4.42. The summed E-state index contributed by atoms with van der Waals surface area (Å²) in [7, 11) is 0. The maximum absolute atomic E-state index is 12.4. The summed E-state index contributed by atoms with van der Waals surface area (Å²) in [6.45, 7) is 1.90. The number of rotatable bonds is 2. The maximum atomic E-state index is 12.4. The third-order valence-corrected chi connectivity index (χ3v) is 3.34. The molecular formula is C14H10BrF3N2O. The molecule has 0 fully saturated rings. The zero-order chi connectivity index (χ0) is 15.6. The van der Waals surface area contributed by atoms with E-state index in [1.165, 1.54) is 0 Å². The Hall–Kier alpha value is -1.89. The molecule has 1 N–H and O–H groups in total. The monoisotopic (exact) mass is 358 g/mol. The molecular weight excluding hydrogens is 349 g/mol. The Morgan fingerprint density at radius 3 is 2.48 bits per heavy atom. The Morgan fingerprint density at radius 2 is 1.95 bits per heavy atom. The largest absolute Gasteiger partial charge is 0.433 e. The smallest absolute Gasteiger partial charge is 0.321 e. The van der Waals surface area contributed by atoms with Gasteiger partial charge in [-0.2, -0.15) is 13.2 Å². The van der Waals surface area contributed by atoms with Crippen molar-refractivity contribution in [1.82, 2.24) is 4.98 Å². The summed E-state index contributed by atoms with van der Waals surface area (Å²) < 4.78 is 37.9. The maximum Gasteiger partial charge on any atom is 0.433 e. The number of halogens is 4. The normalized spacial score (nSPS) is 11.3. The predicted molar refractivity (Wildman–Crippen MR) is 76.1 cm³/mol. The number of nitrogens with one attached hydrogen (secondary N) is 1. The van der Waals surface area contributed by atoms with Crippen LogP contribution in [-0.4, -0.2) is 10.9 Å². The van der Waals surface area contributed by atoms with Crippen LogP contribution in [0.25, 0.3) is 0 Å². The Labute approximate surface area is 127 Å². The van der Waals surface area contributed by atoms with Gasteiger partial charge in [0.1, 0.15) is 5.69 Å². The summed E-state index contributed by atoms with van der Waals surface area (Å²) in [6, 6.07) is 7.20. The van der Waals surface area contributed by atoms with Gasteiger partial charge in [0.2, 0.25) is 0 Å². The van der Waals surface area contributed by atoms with E-state index in [9.17, 15) is 18.0 Å². The minimum atomic E-state index is -4.52. The summed E-state index contributed by atoms with van der Waals surface area (Å²) in [6.07, 6.45) is -3.62. The molecule has 1 heterocycles. The van der Waals surface area contributed by atoms with E-state index in [1.54, 1.807) is 6.07 Å². The van der Waals surface area contributed by atoms with Gasteiger partial charge in [-0.15, -0.1) is 0 Å². The molecule has 0 aliphatic heterocycles. The van der Waals surface area contributed by atoms with E-state index in [0.29, 0.717) is 10.2 Å². The van der Waals surface area contributed by atoms with Crippen molar-refractivity contribution >= 4 is 27.5 Å². The quantitative estimate of drug-likeness (QED) is 0.862. The van der Waals surface area contributed by atoms with Crippen molar-refractivity contribution in [2.24, 2.45) is 0 Å². The molecule has 3 nitrogen and oxygen atoms in total. The SMILES string of the molecule is Cc1ccc(NC(=O)c2ccc(C(F)(F)F)nc2)c(Br)c1. The number of hydrogen-bond donors (Lipinski definition) is 1. The average Bonchev–Trinajstić information content (AvgIpc) is 2.41. The molecule has 1 aromatic carbocycles. The van der Waals surface area contributed by atoms with Crippen LogP contribution in [0.4, 0.5) is 18.9 Å². The second-order valence-corrected chi connectivity index (χ2v) is 5.22. The van der Waals surface area contributed by atoms with E-state index < -0.39 is 17.8 Å². The van der Waals surface area contributed by atoms with E-state index in [4.69, 9.17) is 0 Å². The highest BCUT2D eigenvalue weighted by molar-refractivity contribution is 9.10. The number of anilines is 1. The fourth-order valence-corrected chi connectivity index (χ4v) is 2.20. The summed E-state index contributed by atoms with van der Waals surface area (Å²) >= 11 is 3.31.